The number of amides is 2. The molecule has 1 saturated carbocycles. The van der Waals surface area contributed by atoms with E-state index in [0.717, 1.165) is 55.0 Å². The summed E-state index contributed by atoms with van der Waals surface area (Å²) in [5.41, 5.74) is 1.64. The van der Waals surface area contributed by atoms with Gasteiger partial charge >= 0.3 is 12.2 Å². The molecule has 2 aliphatic heterocycles. The summed E-state index contributed by atoms with van der Waals surface area (Å²) in [6.07, 6.45) is 3.06. The number of carbonyl (C=O) groups is 2. The maximum atomic E-state index is 12.3. The largest absolute Gasteiger partial charge is 0.491 e. The van der Waals surface area contributed by atoms with Crippen LogP contribution in [0.4, 0.5) is 9.59 Å². The Bertz CT molecular complexity index is 1120. The lowest BCUT2D eigenvalue weighted by Gasteiger charge is -2.48. The summed E-state index contributed by atoms with van der Waals surface area (Å²) >= 11 is 0. The van der Waals surface area contributed by atoms with E-state index in [1.54, 1.807) is 4.90 Å². The van der Waals surface area contributed by atoms with E-state index in [4.69, 9.17) is 18.9 Å². The van der Waals surface area contributed by atoms with Crippen LogP contribution < -0.4 is 14.8 Å². The first-order valence-corrected chi connectivity index (χ1v) is 13.0. The molecule has 5 rings (SSSR count). The fraction of sp³-hybridized carbons (Fsp3) is 0.517. The predicted octanol–water partition coefficient (Wildman–Crippen LogP) is 5.08. The normalized spacial score (nSPS) is 21.9. The number of likely N-dealkylation sites (tertiary alicyclic amines) is 1. The molecular formula is C29H36N2O6. The average Bonchev–Trinajstić information content (AvgIpc) is 3.26. The number of benzene rings is 2. The summed E-state index contributed by atoms with van der Waals surface area (Å²) < 4.78 is 23.1. The van der Waals surface area contributed by atoms with Gasteiger partial charge < -0.3 is 29.2 Å². The average molecular weight is 509 g/mol. The van der Waals surface area contributed by atoms with E-state index in [-0.39, 0.29) is 30.3 Å². The molecule has 1 spiro atoms. The highest BCUT2D eigenvalue weighted by molar-refractivity contribution is 5.69. The van der Waals surface area contributed by atoms with Crippen LogP contribution in [-0.2, 0) is 22.5 Å². The fourth-order valence-electron chi connectivity index (χ4n) is 5.40. The fourth-order valence-corrected chi connectivity index (χ4v) is 5.40. The van der Waals surface area contributed by atoms with Gasteiger partial charge in [0.2, 0.25) is 0 Å². The van der Waals surface area contributed by atoms with Crippen molar-refractivity contribution >= 4 is 12.2 Å². The summed E-state index contributed by atoms with van der Waals surface area (Å²) in [6.45, 7) is 7.75. The van der Waals surface area contributed by atoms with E-state index >= 15 is 0 Å². The van der Waals surface area contributed by atoms with E-state index in [2.05, 4.69) is 5.32 Å². The monoisotopic (exact) mass is 508 g/mol. The van der Waals surface area contributed by atoms with Crippen LogP contribution in [0.1, 0.15) is 51.2 Å². The highest BCUT2D eigenvalue weighted by Crippen LogP contribution is 2.47. The highest BCUT2D eigenvalue weighted by atomic mass is 16.6. The van der Waals surface area contributed by atoms with Gasteiger partial charge in [0.05, 0.1) is 12.1 Å². The first-order chi connectivity index (χ1) is 17.7. The minimum atomic E-state index is -0.475. The third-order valence-corrected chi connectivity index (χ3v) is 7.14. The number of nitrogens with zero attached hydrogens (tertiary/aromatic N) is 1. The molecule has 1 aliphatic carbocycles. The topological polar surface area (TPSA) is 86.3 Å². The highest BCUT2D eigenvalue weighted by Gasteiger charge is 2.51. The molecule has 37 heavy (non-hydrogen) atoms. The van der Waals surface area contributed by atoms with Crippen LogP contribution >= 0.6 is 0 Å². The van der Waals surface area contributed by atoms with Crippen LogP contribution in [0.25, 0.3) is 0 Å². The van der Waals surface area contributed by atoms with Crippen LogP contribution in [0.3, 0.4) is 0 Å². The number of hydrogen-bond donors (Lipinski definition) is 1. The molecular weight excluding hydrogens is 472 g/mol. The molecule has 8 heteroatoms. The van der Waals surface area contributed by atoms with E-state index in [9.17, 15) is 9.59 Å². The molecule has 198 valence electrons. The number of nitrogens with one attached hydrogen (secondary N) is 1. The van der Waals surface area contributed by atoms with Gasteiger partial charge in [0.1, 0.15) is 30.3 Å². The Morgan fingerprint density at radius 2 is 1.92 bits per heavy atom. The molecule has 0 bridgehead atoms. The SMILES string of the molecule is CC(C)(C)OC(=O)N1CC2(CCC(Oc3ccc4c(c3)OC[C@H](NC(=O)OCc3ccccc3)C4)C2)C1. The Kier molecular flexibility index (Phi) is 6.92. The zero-order chi connectivity index (χ0) is 26.0. The summed E-state index contributed by atoms with van der Waals surface area (Å²) in [7, 11) is 0. The molecule has 2 atom stereocenters. The summed E-state index contributed by atoms with van der Waals surface area (Å²) in [4.78, 5) is 26.3. The van der Waals surface area contributed by atoms with E-state index in [1.165, 1.54) is 0 Å². The van der Waals surface area contributed by atoms with E-state index in [1.807, 2.05) is 69.3 Å². The van der Waals surface area contributed by atoms with Crippen molar-refractivity contribution in [3.63, 3.8) is 0 Å². The number of hydrogen-bond acceptors (Lipinski definition) is 6. The van der Waals surface area contributed by atoms with Gasteiger partial charge in [0, 0.05) is 24.6 Å². The molecule has 0 aromatic heterocycles. The molecule has 1 unspecified atom stereocenters. The van der Waals surface area contributed by atoms with Crippen molar-refractivity contribution in [1.82, 2.24) is 10.2 Å². The van der Waals surface area contributed by atoms with E-state index < -0.39 is 11.7 Å². The number of carbonyl (C=O) groups excluding carboxylic acids is 2. The third kappa shape index (κ3) is 6.29. The van der Waals surface area contributed by atoms with Crippen molar-refractivity contribution in [2.45, 2.75) is 70.8 Å². The lowest BCUT2D eigenvalue weighted by Crippen LogP contribution is -2.58. The zero-order valence-electron chi connectivity index (χ0n) is 21.8. The van der Waals surface area contributed by atoms with Crippen molar-refractivity contribution in [2.24, 2.45) is 5.41 Å². The number of fused-ring (bicyclic) bond motifs is 1. The Labute approximate surface area is 218 Å². The molecule has 3 aliphatic rings. The second-order valence-electron chi connectivity index (χ2n) is 11.5. The molecule has 2 heterocycles. The first-order valence-electron chi connectivity index (χ1n) is 13.0. The number of alkyl carbamates (subject to hydrolysis) is 1. The van der Waals surface area contributed by atoms with Crippen LogP contribution in [0.2, 0.25) is 0 Å². The van der Waals surface area contributed by atoms with Crippen LogP contribution in [-0.4, -0.2) is 54.5 Å². The summed E-state index contributed by atoms with van der Waals surface area (Å²) in [6, 6.07) is 15.4. The molecule has 2 aromatic rings. The quantitative estimate of drug-likeness (QED) is 0.606. The zero-order valence-corrected chi connectivity index (χ0v) is 21.8. The standard InChI is InChI=1S/C29H36N2O6/c1-28(2,3)37-27(33)31-18-29(19-31)12-11-24(15-29)36-23-10-9-21-13-22(17-34-25(21)14-23)30-26(32)35-16-20-7-5-4-6-8-20/h4-10,14,22,24H,11-13,15-19H2,1-3H3,(H,30,32)/t22-,24?/m1/s1. The van der Waals surface area contributed by atoms with Gasteiger partial charge in [-0.3, -0.25) is 0 Å². The van der Waals surface area contributed by atoms with Gasteiger partial charge in [-0.25, -0.2) is 9.59 Å². The Morgan fingerprint density at radius 3 is 2.68 bits per heavy atom. The number of ether oxygens (including phenoxy) is 4. The maximum absolute atomic E-state index is 12.3. The second-order valence-corrected chi connectivity index (χ2v) is 11.5. The molecule has 2 amide bonds. The minimum absolute atomic E-state index is 0.122. The lowest BCUT2D eigenvalue weighted by atomic mass is 9.78. The van der Waals surface area contributed by atoms with Gasteiger partial charge in [0.15, 0.2) is 0 Å². The lowest BCUT2D eigenvalue weighted by molar-refractivity contribution is -0.0350. The van der Waals surface area contributed by atoms with E-state index in [0.29, 0.717) is 13.0 Å². The Balaban J connectivity index is 1.07. The summed E-state index contributed by atoms with van der Waals surface area (Å²) in [5, 5.41) is 2.89. The smallest absolute Gasteiger partial charge is 0.410 e. The predicted molar refractivity (Wildman–Crippen MR) is 138 cm³/mol. The Morgan fingerprint density at radius 1 is 1.14 bits per heavy atom. The molecule has 1 saturated heterocycles. The molecule has 1 N–H and O–H groups in total. The first kappa shape index (κ1) is 25.2. The molecule has 0 radical (unpaired) electrons. The van der Waals surface area contributed by atoms with Gasteiger partial charge in [-0.2, -0.15) is 0 Å². The second kappa shape index (κ2) is 10.1. The van der Waals surface area contributed by atoms with Crippen molar-refractivity contribution in [3.8, 4) is 11.5 Å². The molecule has 2 aromatic carbocycles. The van der Waals surface area contributed by atoms with Gasteiger partial charge in [0.25, 0.3) is 0 Å². The van der Waals surface area contributed by atoms with Gasteiger partial charge in [-0.05, 0) is 63.6 Å². The van der Waals surface area contributed by atoms with Crippen molar-refractivity contribution in [2.75, 3.05) is 19.7 Å². The maximum Gasteiger partial charge on any atom is 0.410 e. The van der Waals surface area contributed by atoms with Gasteiger partial charge in [-0.15, -0.1) is 0 Å². The third-order valence-electron chi connectivity index (χ3n) is 7.14. The van der Waals surface area contributed by atoms with Crippen molar-refractivity contribution in [1.29, 1.82) is 0 Å². The minimum Gasteiger partial charge on any atom is -0.491 e. The van der Waals surface area contributed by atoms with Crippen molar-refractivity contribution in [3.05, 3.63) is 59.7 Å². The molecule has 2 fully saturated rings. The van der Waals surface area contributed by atoms with Crippen molar-refractivity contribution < 1.29 is 28.5 Å². The van der Waals surface area contributed by atoms with Crippen LogP contribution in [0.15, 0.2) is 48.5 Å². The number of rotatable bonds is 5. The van der Waals surface area contributed by atoms with Crippen LogP contribution in [0.5, 0.6) is 11.5 Å². The van der Waals surface area contributed by atoms with Crippen LogP contribution in [0, 0.1) is 5.41 Å². The summed E-state index contributed by atoms with van der Waals surface area (Å²) in [5.74, 6) is 1.58. The van der Waals surface area contributed by atoms with Gasteiger partial charge in [-0.1, -0.05) is 36.4 Å². The Hall–Kier alpha value is -3.42. The molecule has 8 nitrogen and oxygen atoms in total.